The Hall–Kier alpha value is -1.08. The van der Waals surface area contributed by atoms with Crippen molar-refractivity contribution in [3.63, 3.8) is 0 Å². The van der Waals surface area contributed by atoms with E-state index in [4.69, 9.17) is 17.3 Å². The fourth-order valence-electron chi connectivity index (χ4n) is 1.96. The van der Waals surface area contributed by atoms with Crippen LogP contribution in [-0.4, -0.2) is 8.42 Å². The fraction of sp³-hybridized carbons (Fsp3) is 0.143. The largest absolute Gasteiger partial charge is 0.398 e. The summed E-state index contributed by atoms with van der Waals surface area (Å²) in [5.74, 6) is 0. The van der Waals surface area contributed by atoms with Gasteiger partial charge in [-0.15, -0.1) is 0 Å². The van der Waals surface area contributed by atoms with E-state index in [-0.39, 0.29) is 9.92 Å². The molecule has 0 saturated heterocycles. The van der Waals surface area contributed by atoms with E-state index in [1.54, 1.807) is 31.2 Å². The lowest BCUT2D eigenvalue weighted by atomic mass is 10.1. The predicted molar refractivity (Wildman–Crippen MR) is 88.7 cm³/mol. The number of halogens is 2. The van der Waals surface area contributed by atoms with Gasteiger partial charge in [0, 0.05) is 16.2 Å². The van der Waals surface area contributed by atoms with Gasteiger partial charge in [-0.3, -0.25) is 0 Å². The van der Waals surface area contributed by atoms with Crippen LogP contribution in [0.3, 0.4) is 0 Å². The summed E-state index contributed by atoms with van der Waals surface area (Å²) in [5.41, 5.74) is 7.12. The number of hydrogen-bond acceptors (Lipinski definition) is 3. The summed E-state index contributed by atoms with van der Waals surface area (Å²) in [5, 5.41) is 0.158. The lowest BCUT2D eigenvalue weighted by molar-refractivity contribution is 0.567. The summed E-state index contributed by atoms with van der Waals surface area (Å²) in [4.78, 5) is 0.0359. The van der Waals surface area contributed by atoms with Gasteiger partial charge in [0.2, 0.25) is 10.0 Å². The summed E-state index contributed by atoms with van der Waals surface area (Å²) in [6.07, 6.45) is 0. The van der Waals surface area contributed by atoms with Crippen LogP contribution < -0.4 is 10.5 Å². The van der Waals surface area contributed by atoms with Crippen LogP contribution in [0.5, 0.6) is 0 Å². The van der Waals surface area contributed by atoms with Gasteiger partial charge in [-0.25, -0.2) is 13.1 Å². The van der Waals surface area contributed by atoms with Crippen molar-refractivity contribution in [2.24, 2.45) is 0 Å². The molecule has 0 saturated carbocycles. The lowest BCUT2D eigenvalue weighted by Gasteiger charge is -2.17. The first-order valence-electron chi connectivity index (χ1n) is 6.13. The van der Waals surface area contributed by atoms with E-state index >= 15 is 0 Å². The van der Waals surface area contributed by atoms with Crippen LogP contribution in [0.4, 0.5) is 5.69 Å². The maximum Gasteiger partial charge on any atom is 0.242 e. The number of nitrogen functional groups attached to an aromatic ring is 1. The topological polar surface area (TPSA) is 72.2 Å². The Labute approximate surface area is 137 Å². The van der Waals surface area contributed by atoms with Crippen LogP contribution >= 0.6 is 27.5 Å². The zero-order valence-corrected chi connectivity index (χ0v) is 14.3. The van der Waals surface area contributed by atoms with Gasteiger partial charge in [0.1, 0.15) is 4.90 Å². The molecule has 3 N–H and O–H groups in total. The van der Waals surface area contributed by atoms with Crippen molar-refractivity contribution in [2.75, 3.05) is 5.73 Å². The van der Waals surface area contributed by atoms with Gasteiger partial charge in [0.05, 0.1) is 5.02 Å². The zero-order valence-electron chi connectivity index (χ0n) is 11.2. The second-order valence-electron chi connectivity index (χ2n) is 4.55. The second kappa shape index (κ2) is 6.36. The molecule has 2 rings (SSSR count). The Morgan fingerprint density at radius 2 is 1.90 bits per heavy atom. The Kier molecular flexibility index (Phi) is 4.93. The van der Waals surface area contributed by atoms with Crippen molar-refractivity contribution in [2.45, 2.75) is 17.9 Å². The summed E-state index contributed by atoms with van der Waals surface area (Å²) in [6.45, 7) is 1.73. The first kappa shape index (κ1) is 16.3. The van der Waals surface area contributed by atoms with E-state index in [1.165, 1.54) is 12.1 Å². The van der Waals surface area contributed by atoms with E-state index < -0.39 is 16.1 Å². The molecule has 21 heavy (non-hydrogen) atoms. The normalized spacial score (nSPS) is 13.1. The number of nitrogens with two attached hydrogens (primary N) is 1. The van der Waals surface area contributed by atoms with Gasteiger partial charge < -0.3 is 5.73 Å². The van der Waals surface area contributed by atoms with Gasteiger partial charge in [-0.1, -0.05) is 45.7 Å². The molecule has 2 aromatic carbocycles. The van der Waals surface area contributed by atoms with Crippen molar-refractivity contribution in [1.29, 1.82) is 0 Å². The summed E-state index contributed by atoms with van der Waals surface area (Å²) >= 11 is 9.24. The zero-order chi connectivity index (χ0) is 15.6. The van der Waals surface area contributed by atoms with Crippen molar-refractivity contribution < 1.29 is 8.42 Å². The third-order valence-corrected chi connectivity index (χ3v) is 5.49. The van der Waals surface area contributed by atoms with Gasteiger partial charge in [0.15, 0.2) is 0 Å². The van der Waals surface area contributed by atoms with Crippen LogP contribution in [-0.2, 0) is 10.0 Å². The maximum absolute atomic E-state index is 12.4. The smallest absolute Gasteiger partial charge is 0.242 e. The highest BCUT2D eigenvalue weighted by molar-refractivity contribution is 9.10. The minimum absolute atomic E-state index is 0.0359. The molecule has 112 valence electrons. The molecule has 0 heterocycles. The van der Waals surface area contributed by atoms with Crippen LogP contribution in [0.25, 0.3) is 0 Å². The van der Waals surface area contributed by atoms with E-state index in [0.717, 1.165) is 0 Å². The van der Waals surface area contributed by atoms with Crippen molar-refractivity contribution in [1.82, 2.24) is 4.72 Å². The highest BCUT2D eigenvalue weighted by Gasteiger charge is 2.22. The van der Waals surface area contributed by atoms with E-state index in [2.05, 4.69) is 20.7 Å². The molecule has 0 aromatic heterocycles. The third-order valence-electron chi connectivity index (χ3n) is 2.98. The van der Waals surface area contributed by atoms with E-state index in [1.807, 2.05) is 6.07 Å². The Bertz CT molecular complexity index is 765. The highest BCUT2D eigenvalue weighted by atomic mass is 79.9. The second-order valence-corrected chi connectivity index (χ2v) is 7.55. The number of nitrogens with one attached hydrogen (secondary N) is 1. The van der Waals surface area contributed by atoms with Crippen LogP contribution in [0, 0.1) is 0 Å². The molecule has 7 heteroatoms. The molecule has 0 aliphatic heterocycles. The fourth-order valence-corrected chi connectivity index (χ4v) is 4.22. The third kappa shape index (κ3) is 3.77. The van der Waals surface area contributed by atoms with Crippen molar-refractivity contribution in [3.05, 3.63) is 57.5 Å². The number of anilines is 1. The monoisotopic (exact) mass is 388 g/mol. The molecular formula is C14H14BrClN2O2S. The van der Waals surface area contributed by atoms with E-state index in [0.29, 0.717) is 15.7 Å². The molecule has 0 fully saturated rings. The summed E-state index contributed by atoms with van der Waals surface area (Å²) < 4.78 is 28.1. The Morgan fingerprint density at radius 3 is 2.52 bits per heavy atom. The molecule has 2 aromatic rings. The van der Waals surface area contributed by atoms with Gasteiger partial charge in [-0.05, 0) is 36.8 Å². The molecule has 0 spiro atoms. The number of rotatable bonds is 4. The van der Waals surface area contributed by atoms with Gasteiger partial charge in [-0.2, -0.15) is 0 Å². The standard InChI is InChI=1S/C14H14BrClN2O2S/c1-9(11-4-2-3-5-13(11)17)18-21(19,20)14-7-6-10(15)8-12(14)16/h2-9,18H,17H2,1H3. The van der Waals surface area contributed by atoms with Crippen LogP contribution in [0.2, 0.25) is 5.02 Å². The molecule has 0 aliphatic rings. The van der Waals surface area contributed by atoms with Gasteiger partial charge in [0.25, 0.3) is 0 Å². The Morgan fingerprint density at radius 1 is 1.24 bits per heavy atom. The predicted octanol–water partition coefficient (Wildman–Crippen LogP) is 3.72. The quantitative estimate of drug-likeness (QED) is 0.783. The molecular weight excluding hydrogens is 376 g/mol. The molecule has 1 atom stereocenters. The average Bonchev–Trinajstić information content (AvgIpc) is 2.37. The minimum Gasteiger partial charge on any atom is -0.398 e. The molecule has 0 amide bonds. The maximum atomic E-state index is 12.4. The van der Waals surface area contributed by atoms with Crippen LogP contribution in [0.15, 0.2) is 51.8 Å². The average molecular weight is 390 g/mol. The molecule has 4 nitrogen and oxygen atoms in total. The minimum atomic E-state index is -3.73. The molecule has 0 bridgehead atoms. The molecule has 1 unspecified atom stereocenters. The summed E-state index contributed by atoms with van der Waals surface area (Å²) in [7, 11) is -3.73. The number of hydrogen-bond donors (Lipinski definition) is 2. The molecule has 0 aliphatic carbocycles. The van der Waals surface area contributed by atoms with Gasteiger partial charge >= 0.3 is 0 Å². The number of sulfonamides is 1. The first-order chi connectivity index (χ1) is 9.81. The SMILES string of the molecule is CC(NS(=O)(=O)c1ccc(Br)cc1Cl)c1ccccc1N. The summed E-state index contributed by atoms with van der Waals surface area (Å²) in [6, 6.07) is 11.3. The van der Waals surface area contributed by atoms with Crippen LogP contribution in [0.1, 0.15) is 18.5 Å². The Balaban J connectivity index is 2.31. The van der Waals surface area contributed by atoms with Crippen molar-refractivity contribution >= 4 is 43.2 Å². The van der Waals surface area contributed by atoms with E-state index in [9.17, 15) is 8.42 Å². The number of benzene rings is 2. The lowest BCUT2D eigenvalue weighted by Crippen LogP contribution is -2.27. The first-order valence-corrected chi connectivity index (χ1v) is 8.78. The highest BCUT2D eigenvalue weighted by Crippen LogP contribution is 2.27. The number of para-hydroxylation sites is 1. The van der Waals surface area contributed by atoms with Crippen molar-refractivity contribution in [3.8, 4) is 0 Å². The molecule has 0 radical (unpaired) electrons.